The van der Waals surface area contributed by atoms with Crippen molar-refractivity contribution < 1.29 is 13.9 Å². The number of hydrogen-bond acceptors (Lipinski definition) is 3. The SMILES string of the molecule is [B]c1ccc(C(OCC)OCC)o1. The van der Waals surface area contributed by atoms with Crippen molar-refractivity contribution in [3.63, 3.8) is 0 Å². The van der Waals surface area contributed by atoms with Gasteiger partial charge < -0.3 is 13.9 Å². The second kappa shape index (κ2) is 5.09. The molecule has 0 aliphatic carbocycles. The highest BCUT2D eigenvalue weighted by atomic mass is 16.7. The fraction of sp³-hybridized carbons (Fsp3) is 0.556. The van der Waals surface area contributed by atoms with Crippen LogP contribution in [0.4, 0.5) is 0 Å². The van der Waals surface area contributed by atoms with E-state index in [4.69, 9.17) is 21.7 Å². The minimum atomic E-state index is -0.438. The van der Waals surface area contributed by atoms with Gasteiger partial charge in [0.1, 0.15) is 0 Å². The molecule has 1 aromatic heterocycles. The van der Waals surface area contributed by atoms with Crippen LogP contribution in [0, 0.1) is 0 Å². The number of rotatable bonds is 5. The molecule has 0 aliphatic rings. The van der Waals surface area contributed by atoms with Crippen LogP contribution in [0.3, 0.4) is 0 Å². The first kappa shape index (κ1) is 10.3. The third kappa shape index (κ3) is 2.90. The quantitative estimate of drug-likeness (QED) is 0.503. The van der Waals surface area contributed by atoms with Crippen LogP contribution in [0.25, 0.3) is 0 Å². The van der Waals surface area contributed by atoms with Gasteiger partial charge in [0.2, 0.25) is 6.29 Å². The van der Waals surface area contributed by atoms with Crippen molar-refractivity contribution in [2.45, 2.75) is 20.1 Å². The molecule has 13 heavy (non-hydrogen) atoms. The summed E-state index contributed by atoms with van der Waals surface area (Å²) in [4.78, 5) is 0. The fourth-order valence-electron chi connectivity index (χ4n) is 1.01. The van der Waals surface area contributed by atoms with Crippen LogP contribution in [0.1, 0.15) is 25.9 Å². The van der Waals surface area contributed by atoms with Gasteiger partial charge in [-0.1, -0.05) is 0 Å². The average molecular weight is 180 g/mol. The largest absolute Gasteiger partial charge is 0.472 e. The van der Waals surface area contributed by atoms with Gasteiger partial charge in [-0.25, -0.2) is 0 Å². The number of furan rings is 1. The van der Waals surface area contributed by atoms with Gasteiger partial charge in [0.05, 0.1) is 0 Å². The molecule has 0 N–H and O–H groups in total. The van der Waals surface area contributed by atoms with Gasteiger partial charge in [0.25, 0.3) is 0 Å². The smallest absolute Gasteiger partial charge is 0.217 e. The van der Waals surface area contributed by atoms with Crippen molar-refractivity contribution in [1.82, 2.24) is 0 Å². The summed E-state index contributed by atoms with van der Waals surface area (Å²) in [7, 11) is 5.43. The molecular weight excluding hydrogens is 167 g/mol. The first-order chi connectivity index (χ1) is 6.27. The van der Waals surface area contributed by atoms with Crippen LogP contribution in [-0.4, -0.2) is 21.1 Å². The molecule has 1 rings (SSSR count). The lowest BCUT2D eigenvalue weighted by atomic mass is 10.1. The average Bonchev–Trinajstić information content (AvgIpc) is 2.51. The number of hydrogen-bond donors (Lipinski definition) is 0. The van der Waals surface area contributed by atoms with Crippen molar-refractivity contribution in [1.29, 1.82) is 0 Å². The minimum Gasteiger partial charge on any atom is -0.472 e. The Labute approximate surface area is 79.4 Å². The van der Waals surface area contributed by atoms with Gasteiger partial charge >= 0.3 is 0 Å². The Kier molecular flexibility index (Phi) is 4.05. The maximum absolute atomic E-state index is 5.43. The second-order valence-corrected chi connectivity index (χ2v) is 2.48. The van der Waals surface area contributed by atoms with Gasteiger partial charge in [0.15, 0.2) is 13.6 Å². The monoisotopic (exact) mass is 180 g/mol. The van der Waals surface area contributed by atoms with E-state index in [0.29, 0.717) is 24.6 Å². The van der Waals surface area contributed by atoms with E-state index in [2.05, 4.69) is 0 Å². The lowest BCUT2D eigenvalue weighted by Crippen LogP contribution is -2.08. The topological polar surface area (TPSA) is 31.6 Å². The Hall–Kier alpha value is -0.735. The van der Waals surface area contributed by atoms with E-state index in [1.165, 1.54) is 0 Å². The molecule has 1 heterocycles. The maximum atomic E-state index is 5.43. The zero-order valence-corrected chi connectivity index (χ0v) is 7.95. The van der Waals surface area contributed by atoms with E-state index in [0.717, 1.165) is 0 Å². The van der Waals surface area contributed by atoms with Gasteiger partial charge in [0, 0.05) is 18.9 Å². The van der Waals surface area contributed by atoms with Crippen LogP contribution in [0.15, 0.2) is 16.5 Å². The molecule has 0 saturated carbocycles. The molecule has 0 bridgehead atoms. The zero-order chi connectivity index (χ0) is 9.68. The predicted molar refractivity (Wildman–Crippen MR) is 50.1 cm³/mol. The summed E-state index contributed by atoms with van der Waals surface area (Å²) in [6, 6.07) is 3.44. The Morgan fingerprint density at radius 3 is 2.31 bits per heavy atom. The van der Waals surface area contributed by atoms with E-state index in [1.807, 2.05) is 13.8 Å². The van der Waals surface area contributed by atoms with Crippen molar-refractivity contribution in [2.24, 2.45) is 0 Å². The highest BCUT2D eigenvalue weighted by Gasteiger charge is 2.14. The molecule has 2 radical (unpaired) electrons. The normalized spacial score (nSPS) is 11.0. The van der Waals surface area contributed by atoms with Crippen LogP contribution in [-0.2, 0) is 9.47 Å². The standard InChI is InChI=1S/C9H13BO3/c1-3-11-9(12-4-2)7-5-6-8(10)13-7/h5-6,9H,3-4H2,1-2H3. The summed E-state index contributed by atoms with van der Waals surface area (Å²) in [6.45, 7) is 4.95. The van der Waals surface area contributed by atoms with Gasteiger partial charge in [-0.15, -0.1) is 0 Å². The molecule has 0 aliphatic heterocycles. The third-order valence-corrected chi connectivity index (χ3v) is 1.52. The van der Waals surface area contributed by atoms with Gasteiger partial charge in [-0.05, 0) is 26.0 Å². The Morgan fingerprint density at radius 2 is 1.92 bits per heavy atom. The first-order valence-electron chi connectivity index (χ1n) is 4.36. The van der Waals surface area contributed by atoms with E-state index in [-0.39, 0.29) is 0 Å². The number of ether oxygens (including phenoxy) is 2. The van der Waals surface area contributed by atoms with Crippen LogP contribution < -0.4 is 5.66 Å². The zero-order valence-electron chi connectivity index (χ0n) is 7.95. The molecule has 4 heteroatoms. The molecular formula is C9H13BO3. The molecule has 3 nitrogen and oxygen atoms in total. The molecule has 0 aromatic carbocycles. The molecule has 1 aromatic rings. The predicted octanol–water partition coefficient (Wildman–Crippen LogP) is 1.15. The highest BCUT2D eigenvalue weighted by Crippen LogP contribution is 2.17. The molecule has 0 atom stereocenters. The molecule has 0 amide bonds. The Balaban J connectivity index is 2.63. The summed E-state index contributed by atoms with van der Waals surface area (Å²) >= 11 is 0. The van der Waals surface area contributed by atoms with Crippen molar-refractivity contribution in [3.05, 3.63) is 17.9 Å². The fourth-order valence-corrected chi connectivity index (χ4v) is 1.01. The molecule has 0 fully saturated rings. The van der Waals surface area contributed by atoms with E-state index < -0.39 is 6.29 Å². The Bertz CT molecular complexity index is 241. The van der Waals surface area contributed by atoms with E-state index in [9.17, 15) is 0 Å². The van der Waals surface area contributed by atoms with E-state index >= 15 is 0 Å². The van der Waals surface area contributed by atoms with Crippen molar-refractivity contribution >= 4 is 13.5 Å². The van der Waals surface area contributed by atoms with Crippen molar-refractivity contribution in [2.75, 3.05) is 13.2 Å². The molecule has 0 saturated heterocycles. The minimum absolute atomic E-state index is 0.374. The van der Waals surface area contributed by atoms with Crippen LogP contribution >= 0.6 is 0 Å². The summed E-state index contributed by atoms with van der Waals surface area (Å²) in [5, 5.41) is 0. The van der Waals surface area contributed by atoms with Crippen molar-refractivity contribution in [3.8, 4) is 0 Å². The second-order valence-electron chi connectivity index (χ2n) is 2.48. The first-order valence-corrected chi connectivity index (χ1v) is 4.36. The van der Waals surface area contributed by atoms with Gasteiger partial charge in [-0.2, -0.15) is 0 Å². The van der Waals surface area contributed by atoms with Crippen LogP contribution in [0.5, 0.6) is 0 Å². The lowest BCUT2D eigenvalue weighted by Gasteiger charge is -2.13. The summed E-state index contributed by atoms with van der Waals surface area (Å²) < 4.78 is 15.8. The summed E-state index contributed by atoms with van der Waals surface area (Å²) in [5.74, 6) is 0.612. The van der Waals surface area contributed by atoms with Crippen LogP contribution in [0.2, 0.25) is 0 Å². The Morgan fingerprint density at radius 1 is 1.31 bits per heavy atom. The molecule has 0 spiro atoms. The summed E-state index contributed by atoms with van der Waals surface area (Å²) in [6.07, 6.45) is -0.438. The third-order valence-electron chi connectivity index (χ3n) is 1.52. The van der Waals surface area contributed by atoms with E-state index in [1.54, 1.807) is 12.1 Å². The lowest BCUT2D eigenvalue weighted by molar-refractivity contribution is -0.150. The molecule has 70 valence electrons. The summed E-state index contributed by atoms with van der Waals surface area (Å²) in [5.41, 5.74) is 0.374. The van der Waals surface area contributed by atoms with Gasteiger partial charge in [-0.3, -0.25) is 0 Å². The highest BCUT2D eigenvalue weighted by molar-refractivity contribution is 6.29. The maximum Gasteiger partial charge on any atom is 0.217 e. The molecule has 0 unspecified atom stereocenters.